The van der Waals surface area contributed by atoms with E-state index in [-0.39, 0.29) is 0 Å². The summed E-state index contributed by atoms with van der Waals surface area (Å²) >= 11 is 0. The molecule has 0 aromatic carbocycles. The third-order valence-electron chi connectivity index (χ3n) is 3.08. The van der Waals surface area contributed by atoms with Gasteiger partial charge in [-0.25, -0.2) is 0 Å². The maximum atomic E-state index is 5.85. The van der Waals surface area contributed by atoms with Crippen LogP contribution in [0.3, 0.4) is 0 Å². The number of likely N-dealkylation sites (tertiary alicyclic amines) is 1. The van der Waals surface area contributed by atoms with Crippen LogP contribution >= 0.6 is 0 Å². The largest absolute Gasteiger partial charge is 0.329 e. The Labute approximate surface area is 91.3 Å². The highest BCUT2D eigenvalue weighted by Gasteiger charge is 2.21. The first-order valence-electron chi connectivity index (χ1n) is 5.77. The molecular weight excluding hydrogens is 186 g/mol. The van der Waals surface area contributed by atoms with Gasteiger partial charge in [-0.1, -0.05) is 12.5 Å². The summed E-state index contributed by atoms with van der Waals surface area (Å²) in [6.07, 6.45) is 5.80. The first kappa shape index (κ1) is 10.6. The van der Waals surface area contributed by atoms with Crippen molar-refractivity contribution >= 4 is 0 Å². The van der Waals surface area contributed by atoms with Crippen molar-refractivity contribution in [2.75, 3.05) is 19.6 Å². The smallest absolute Gasteiger partial charge is 0.0644 e. The minimum Gasteiger partial charge on any atom is -0.329 e. The SMILES string of the molecule is NCC(c1ccccn1)N1CCCCC1. The third kappa shape index (κ3) is 2.55. The van der Waals surface area contributed by atoms with E-state index in [0.29, 0.717) is 12.6 Å². The van der Waals surface area contributed by atoms with Crippen molar-refractivity contribution in [3.63, 3.8) is 0 Å². The molecule has 1 saturated heterocycles. The maximum Gasteiger partial charge on any atom is 0.0644 e. The van der Waals surface area contributed by atoms with Crippen LogP contribution in [-0.2, 0) is 0 Å². The van der Waals surface area contributed by atoms with Crippen LogP contribution in [0.4, 0.5) is 0 Å². The molecule has 1 unspecified atom stereocenters. The van der Waals surface area contributed by atoms with Gasteiger partial charge in [-0.15, -0.1) is 0 Å². The van der Waals surface area contributed by atoms with Gasteiger partial charge in [-0.3, -0.25) is 9.88 Å². The van der Waals surface area contributed by atoms with Crippen LogP contribution in [0.25, 0.3) is 0 Å². The summed E-state index contributed by atoms with van der Waals surface area (Å²) in [5, 5.41) is 0. The molecule has 1 aliphatic heterocycles. The number of piperidine rings is 1. The highest BCUT2D eigenvalue weighted by atomic mass is 15.2. The predicted molar refractivity (Wildman–Crippen MR) is 61.5 cm³/mol. The molecule has 3 nitrogen and oxygen atoms in total. The molecule has 15 heavy (non-hydrogen) atoms. The van der Waals surface area contributed by atoms with E-state index in [4.69, 9.17) is 5.73 Å². The molecule has 1 aromatic heterocycles. The van der Waals surface area contributed by atoms with Crippen LogP contribution in [0.15, 0.2) is 24.4 Å². The monoisotopic (exact) mass is 205 g/mol. The molecule has 1 fully saturated rings. The molecule has 2 N–H and O–H groups in total. The molecule has 0 aliphatic carbocycles. The Balaban J connectivity index is 2.09. The summed E-state index contributed by atoms with van der Waals surface area (Å²) in [6.45, 7) is 2.99. The van der Waals surface area contributed by atoms with Crippen molar-refractivity contribution in [2.45, 2.75) is 25.3 Å². The first-order valence-corrected chi connectivity index (χ1v) is 5.77. The van der Waals surface area contributed by atoms with Crippen molar-refractivity contribution in [3.8, 4) is 0 Å². The van der Waals surface area contributed by atoms with Crippen molar-refractivity contribution in [2.24, 2.45) is 5.73 Å². The zero-order valence-electron chi connectivity index (χ0n) is 9.10. The number of hydrogen-bond acceptors (Lipinski definition) is 3. The molecule has 1 aliphatic rings. The normalized spacial score (nSPS) is 20.1. The van der Waals surface area contributed by atoms with Gasteiger partial charge in [0.25, 0.3) is 0 Å². The van der Waals surface area contributed by atoms with Gasteiger partial charge in [-0.05, 0) is 38.1 Å². The van der Waals surface area contributed by atoms with Crippen LogP contribution in [0, 0.1) is 0 Å². The van der Waals surface area contributed by atoms with E-state index in [1.54, 1.807) is 0 Å². The fourth-order valence-electron chi connectivity index (χ4n) is 2.26. The Morgan fingerprint density at radius 2 is 2.07 bits per heavy atom. The average Bonchev–Trinajstić information content (AvgIpc) is 2.33. The van der Waals surface area contributed by atoms with Crippen molar-refractivity contribution in [3.05, 3.63) is 30.1 Å². The molecule has 2 rings (SSSR count). The fraction of sp³-hybridized carbons (Fsp3) is 0.583. The summed E-state index contributed by atoms with van der Waals surface area (Å²) in [5.41, 5.74) is 6.97. The van der Waals surface area contributed by atoms with E-state index >= 15 is 0 Å². The Hall–Kier alpha value is -0.930. The molecule has 0 amide bonds. The van der Waals surface area contributed by atoms with Crippen molar-refractivity contribution < 1.29 is 0 Å². The zero-order valence-corrected chi connectivity index (χ0v) is 9.10. The van der Waals surface area contributed by atoms with Crippen LogP contribution in [-0.4, -0.2) is 29.5 Å². The van der Waals surface area contributed by atoms with E-state index in [1.165, 1.54) is 32.4 Å². The van der Waals surface area contributed by atoms with Gasteiger partial charge in [0.05, 0.1) is 11.7 Å². The van der Waals surface area contributed by atoms with Gasteiger partial charge < -0.3 is 5.73 Å². The number of nitrogens with zero attached hydrogens (tertiary/aromatic N) is 2. The minimum absolute atomic E-state index is 0.312. The zero-order chi connectivity index (χ0) is 10.5. The van der Waals surface area contributed by atoms with Gasteiger partial charge in [0.1, 0.15) is 0 Å². The van der Waals surface area contributed by atoms with Gasteiger partial charge in [0.15, 0.2) is 0 Å². The summed E-state index contributed by atoms with van der Waals surface area (Å²) in [7, 11) is 0. The highest BCUT2D eigenvalue weighted by Crippen LogP contribution is 2.21. The first-order chi connectivity index (χ1) is 7.42. The van der Waals surface area contributed by atoms with Crippen LogP contribution < -0.4 is 5.73 Å². The lowest BCUT2D eigenvalue weighted by Gasteiger charge is -2.33. The molecular formula is C12H19N3. The molecule has 2 heterocycles. The Morgan fingerprint density at radius 3 is 2.67 bits per heavy atom. The highest BCUT2D eigenvalue weighted by molar-refractivity contribution is 5.09. The van der Waals surface area contributed by atoms with Crippen LogP contribution in [0.5, 0.6) is 0 Å². The second-order valence-electron chi connectivity index (χ2n) is 4.10. The average molecular weight is 205 g/mol. The Kier molecular flexibility index (Phi) is 3.69. The Morgan fingerprint density at radius 1 is 1.27 bits per heavy atom. The molecule has 1 atom stereocenters. The lowest BCUT2D eigenvalue weighted by Crippen LogP contribution is -2.37. The quantitative estimate of drug-likeness (QED) is 0.814. The van der Waals surface area contributed by atoms with E-state index in [9.17, 15) is 0 Å². The molecule has 0 radical (unpaired) electrons. The second kappa shape index (κ2) is 5.24. The molecule has 1 aromatic rings. The predicted octanol–water partition coefficient (Wildman–Crippen LogP) is 1.57. The number of aromatic nitrogens is 1. The number of nitrogens with two attached hydrogens (primary N) is 1. The van der Waals surface area contributed by atoms with E-state index < -0.39 is 0 Å². The van der Waals surface area contributed by atoms with Crippen LogP contribution in [0.2, 0.25) is 0 Å². The topological polar surface area (TPSA) is 42.1 Å². The van der Waals surface area contributed by atoms with E-state index in [1.807, 2.05) is 18.3 Å². The number of rotatable bonds is 3. The van der Waals surface area contributed by atoms with Crippen molar-refractivity contribution in [1.29, 1.82) is 0 Å². The Bertz CT molecular complexity index is 280. The summed E-state index contributed by atoms with van der Waals surface area (Å²) < 4.78 is 0. The maximum absolute atomic E-state index is 5.85. The van der Waals surface area contributed by atoms with Gasteiger partial charge in [0, 0.05) is 12.7 Å². The summed E-state index contributed by atoms with van der Waals surface area (Å²) in [5.74, 6) is 0. The minimum atomic E-state index is 0.312. The third-order valence-corrected chi connectivity index (χ3v) is 3.08. The van der Waals surface area contributed by atoms with Gasteiger partial charge in [0.2, 0.25) is 0 Å². The van der Waals surface area contributed by atoms with Gasteiger partial charge >= 0.3 is 0 Å². The summed E-state index contributed by atoms with van der Waals surface area (Å²) in [4.78, 5) is 6.87. The molecule has 3 heteroatoms. The lowest BCUT2D eigenvalue weighted by molar-refractivity contribution is 0.164. The summed E-state index contributed by atoms with van der Waals surface area (Å²) in [6, 6.07) is 6.38. The molecule has 0 spiro atoms. The lowest BCUT2D eigenvalue weighted by atomic mass is 10.1. The van der Waals surface area contributed by atoms with Crippen LogP contribution in [0.1, 0.15) is 31.0 Å². The number of pyridine rings is 1. The number of hydrogen-bond donors (Lipinski definition) is 1. The fourth-order valence-corrected chi connectivity index (χ4v) is 2.26. The van der Waals surface area contributed by atoms with Gasteiger partial charge in [-0.2, -0.15) is 0 Å². The van der Waals surface area contributed by atoms with E-state index in [0.717, 1.165) is 5.69 Å². The molecule has 0 bridgehead atoms. The second-order valence-corrected chi connectivity index (χ2v) is 4.10. The molecule has 0 saturated carbocycles. The molecule has 82 valence electrons. The standard InChI is InChI=1S/C12H19N3/c13-10-12(11-6-2-3-7-14-11)15-8-4-1-5-9-15/h2-3,6-7,12H,1,4-5,8-10,13H2. The van der Waals surface area contributed by atoms with Crippen molar-refractivity contribution in [1.82, 2.24) is 9.88 Å². The van der Waals surface area contributed by atoms with E-state index in [2.05, 4.69) is 16.0 Å².